The van der Waals surface area contributed by atoms with Crippen LogP contribution in [0, 0.1) is 6.92 Å². The van der Waals surface area contributed by atoms with E-state index in [4.69, 9.17) is 16.3 Å². The van der Waals surface area contributed by atoms with E-state index in [2.05, 4.69) is 9.97 Å². The minimum Gasteiger partial charge on any atom is -0.497 e. The van der Waals surface area contributed by atoms with E-state index in [9.17, 15) is 4.79 Å². The van der Waals surface area contributed by atoms with Crippen molar-refractivity contribution in [1.29, 1.82) is 0 Å². The van der Waals surface area contributed by atoms with Gasteiger partial charge in [0.15, 0.2) is 5.82 Å². The number of aromatic nitrogens is 2. The first-order valence-corrected chi connectivity index (χ1v) is 10.2. The number of H-pyrrole nitrogens is 1. The van der Waals surface area contributed by atoms with Crippen molar-refractivity contribution in [3.8, 4) is 16.2 Å². The Morgan fingerprint density at radius 2 is 2.00 bits per heavy atom. The maximum atomic E-state index is 12.7. The van der Waals surface area contributed by atoms with Crippen LogP contribution in [0.1, 0.15) is 16.3 Å². The number of hydrogen-bond acceptors (Lipinski definition) is 5. The molecule has 3 aromatic heterocycles. The molecule has 0 aliphatic heterocycles. The molecule has 1 aromatic carbocycles. The Morgan fingerprint density at radius 3 is 2.67 bits per heavy atom. The number of ether oxygens (including phenoxy) is 1. The fraction of sp³-hybridized carbons (Fsp3) is 0.100. The number of halogens is 1. The summed E-state index contributed by atoms with van der Waals surface area (Å²) in [6.45, 7) is 2.05. The van der Waals surface area contributed by atoms with Crippen LogP contribution < -0.4 is 10.3 Å². The van der Waals surface area contributed by atoms with E-state index in [1.165, 1.54) is 16.2 Å². The highest BCUT2D eigenvalue weighted by Crippen LogP contribution is 2.35. The lowest BCUT2D eigenvalue weighted by atomic mass is 10.2. The van der Waals surface area contributed by atoms with Gasteiger partial charge in [-0.2, -0.15) is 0 Å². The molecular formula is C20H15ClN2O2S2. The minimum absolute atomic E-state index is 0.182. The predicted octanol–water partition coefficient (Wildman–Crippen LogP) is 5.77. The van der Waals surface area contributed by atoms with E-state index >= 15 is 0 Å². The highest BCUT2D eigenvalue weighted by Gasteiger charge is 2.15. The Bertz CT molecular complexity index is 1200. The molecule has 0 aliphatic rings. The van der Waals surface area contributed by atoms with Crippen LogP contribution in [0.2, 0.25) is 0 Å². The molecule has 3 heterocycles. The first-order valence-electron chi connectivity index (χ1n) is 8.15. The van der Waals surface area contributed by atoms with Gasteiger partial charge in [-0.25, -0.2) is 4.98 Å². The molecule has 4 nitrogen and oxygen atoms in total. The molecule has 0 fully saturated rings. The van der Waals surface area contributed by atoms with Crippen LogP contribution in [0.15, 0.2) is 46.6 Å². The van der Waals surface area contributed by atoms with Gasteiger partial charge < -0.3 is 9.72 Å². The van der Waals surface area contributed by atoms with Crippen LogP contribution >= 0.6 is 34.3 Å². The molecule has 7 heteroatoms. The summed E-state index contributed by atoms with van der Waals surface area (Å²) in [5, 5.41) is 2.96. The molecule has 0 amide bonds. The second-order valence-electron chi connectivity index (χ2n) is 5.92. The molecule has 0 atom stereocenters. The lowest BCUT2D eigenvalue weighted by Gasteiger charge is -2.02. The van der Waals surface area contributed by atoms with Crippen molar-refractivity contribution >= 4 is 55.6 Å². The molecule has 0 unspecified atom stereocenters. The lowest BCUT2D eigenvalue weighted by molar-refractivity contribution is 0.415. The Balaban J connectivity index is 1.75. The third kappa shape index (κ3) is 3.56. The van der Waals surface area contributed by atoms with Gasteiger partial charge in [0, 0.05) is 20.7 Å². The fourth-order valence-corrected chi connectivity index (χ4v) is 4.86. The zero-order chi connectivity index (χ0) is 19.0. The summed E-state index contributed by atoms with van der Waals surface area (Å²) < 4.78 is 5.15. The van der Waals surface area contributed by atoms with Crippen LogP contribution in [-0.2, 0) is 0 Å². The van der Waals surface area contributed by atoms with Crippen LogP contribution in [-0.4, -0.2) is 17.1 Å². The summed E-state index contributed by atoms with van der Waals surface area (Å²) in [5.74, 6) is 1.13. The maximum absolute atomic E-state index is 12.7. The minimum atomic E-state index is -0.182. The van der Waals surface area contributed by atoms with Gasteiger partial charge in [-0.05, 0) is 42.8 Å². The molecule has 0 saturated carbocycles. The van der Waals surface area contributed by atoms with Gasteiger partial charge in [0.05, 0.1) is 17.5 Å². The third-order valence-electron chi connectivity index (χ3n) is 4.09. The number of nitrogens with zero attached hydrogens (tertiary/aromatic N) is 1. The molecule has 0 radical (unpaired) electrons. The second-order valence-corrected chi connectivity index (χ2v) is 8.47. The second kappa shape index (κ2) is 7.31. The van der Waals surface area contributed by atoms with Crippen LogP contribution in [0.25, 0.3) is 31.8 Å². The fourth-order valence-electron chi connectivity index (χ4n) is 2.74. The van der Waals surface area contributed by atoms with E-state index in [1.54, 1.807) is 24.5 Å². The highest BCUT2D eigenvalue weighted by molar-refractivity contribution is 7.19. The topological polar surface area (TPSA) is 55.0 Å². The van der Waals surface area contributed by atoms with E-state index in [1.807, 2.05) is 48.7 Å². The van der Waals surface area contributed by atoms with Crippen molar-refractivity contribution in [2.45, 2.75) is 6.92 Å². The van der Waals surface area contributed by atoms with Crippen molar-refractivity contribution in [3.05, 3.63) is 68.4 Å². The number of thiophene rings is 2. The number of methoxy groups -OCH3 is 1. The van der Waals surface area contributed by atoms with Gasteiger partial charge in [0.2, 0.25) is 0 Å². The van der Waals surface area contributed by atoms with Crippen molar-refractivity contribution < 1.29 is 4.74 Å². The zero-order valence-corrected chi connectivity index (χ0v) is 17.0. The highest BCUT2D eigenvalue weighted by atomic mass is 35.5. The predicted molar refractivity (Wildman–Crippen MR) is 115 cm³/mol. The first-order chi connectivity index (χ1) is 13.0. The van der Waals surface area contributed by atoms with Crippen LogP contribution in [0.4, 0.5) is 0 Å². The van der Waals surface area contributed by atoms with E-state index in [-0.39, 0.29) is 5.56 Å². The molecule has 0 spiro atoms. The molecule has 1 N–H and O–H groups in total. The number of aromatic amines is 1. The Kier molecular flexibility index (Phi) is 4.86. The van der Waals surface area contributed by atoms with Crippen molar-refractivity contribution in [2.75, 3.05) is 7.11 Å². The van der Waals surface area contributed by atoms with Gasteiger partial charge in [0.25, 0.3) is 5.56 Å². The summed E-state index contributed by atoms with van der Waals surface area (Å²) in [6.07, 6.45) is 1.77. The van der Waals surface area contributed by atoms with Gasteiger partial charge in [-0.1, -0.05) is 23.7 Å². The summed E-state index contributed by atoms with van der Waals surface area (Å²) in [7, 11) is 1.62. The van der Waals surface area contributed by atoms with Crippen molar-refractivity contribution in [2.24, 2.45) is 0 Å². The quantitative estimate of drug-likeness (QED) is 0.461. The summed E-state index contributed by atoms with van der Waals surface area (Å²) in [4.78, 5) is 23.0. The summed E-state index contributed by atoms with van der Waals surface area (Å²) in [5.41, 5.74) is 1.63. The molecule has 27 heavy (non-hydrogen) atoms. The average Bonchev–Trinajstić information content (AvgIpc) is 3.28. The maximum Gasteiger partial charge on any atom is 0.260 e. The third-order valence-corrected chi connectivity index (χ3v) is 6.28. The number of benzene rings is 1. The van der Waals surface area contributed by atoms with E-state index < -0.39 is 0 Å². The molecule has 136 valence electrons. The van der Waals surface area contributed by atoms with Crippen LogP contribution in [0.3, 0.4) is 0 Å². The van der Waals surface area contributed by atoms with Gasteiger partial charge in [-0.3, -0.25) is 4.79 Å². The largest absolute Gasteiger partial charge is 0.497 e. The smallest absolute Gasteiger partial charge is 0.260 e. The summed E-state index contributed by atoms with van der Waals surface area (Å²) >= 11 is 9.53. The molecule has 0 bridgehead atoms. The van der Waals surface area contributed by atoms with Gasteiger partial charge in [-0.15, -0.1) is 22.7 Å². The number of nitrogens with one attached hydrogen (secondary N) is 1. The number of hydrogen-bond donors (Lipinski definition) is 1. The Labute approximate surface area is 168 Å². The standard InChI is InChI=1S/C20H15ClN2O2S2/c1-11-3-8-16(27-11)14-10-26-20-17(14)19(24)22-18(23-20)15(21)9-12-4-6-13(25-2)7-5-12/h3-10H,1-2H3,(H,22,23,24)/b15-9-. The normalized spacial score (nSPS) is 11.9. The first kappa shape index (κ1) is 18.0. The Hall–Kier alpha value is -2.41. The van der Waals surface area contributed by atoms with Crippen LogP contribution in [0.5, 0.6) is 5.75 Å². The van der Waals surface area contributed by atoms with E-state index in [0.29, 0.717) is 21.1 Å². The number of aryl methyl sites for hydroxylation is 1. The number of fused-ring (bicyclic) bond motifs is 1. The average molecular weight is 415 g/mol. The molecule has 4 aromatic rings. The lowest BCUT2D eigenvalue weighted by Crippen LogP contribution is -2.10. The monoisotopic (exact) mass is 414 g/mol. The van der Waals surface area contributed by atoms with E-state index in [0.717, 1.165) is 21.8 Å². The Morgan fingerprint density at radius 1 is 1.22 bits per heavy atom. The van der Waals surface area contributed by atoms with Gasteiger partial charge >= 0.3 is 0 Å². The van der Waals surface area contributed by atoms with Gasteiger partial charge in [0.1, 0.15) is 10.6 Å². The molecular weight excluding hydrogens is 400 g/mol. The van der Waals surface area contributed by atoms with Crippen molar-refractivity contribution in [3.63, 3.8) is 0 Å². The SMILES string of the molecule is COc1ccc(/C=C(\Cl)c2nc3scc(-c4ccc(C)s4)c3c(=O)[nH]2)cc1. The zero-order valence-electron chi connectivity index (χ0n) is 14.6. The molecule has 0 saturated heterocycles. The molecule has 4 rings (SSSR count). The molecule has 0 aliphatic carbocycles. The van der Waals surface area contributed by atoms with Crippen molar-refractivity contribution in [1.82, 2.24) is 9.97 Å². The summed E-state index contributed by atoms with van der Waals surface area (Å²) in [6, 6.07) is 11.6. The number of rotatable bonds is 4.